The number of ether oxygens (including phenoxy) is 2. The van der Waals surface area contributed by atoms with Crippen molar-refractivity contribution in [2.45, 2.75) is 25.7 Å². The lowest BCUT2D eigenvalue weighted by Gasteiger charge is -2.28. The van der Waals surface area contributed by atoms with Gasteiger partial charge in [0.15, 0.2) is 0 Å². The third kappa shape index (κ3) is 2.85. The van der Waals surface area contributed by atoms with Gasteiger partial charge in [-0.25, -0.2) is 0 Å². The van der Waals surface area contributed by atoms with Crippen LogP contribution in [0.4, 0.5) is 0 Å². The van der Waals surface area contributed by atoms with Gasteiger partial charge in [-0.05, 0) is 13.0 Å². The number of para-hydroxylation sites is 1. The average molecular weight is 275 g/mol. The standard InChI is InChI=1S/C15H21N3O2/c1-11-7-16-8-12(20-11)9-19-10-14-13-5-3-4-6-15(13)18(2)17-14/h3-6,11-12,16H,7-10H2,1-2H3. The minimum atomic E-state index is 0.133. The molecule has 0 saturated carbocycles. The number of benzene rings is 1. The molecule has 5 heteroatoms. The Morgan fingerprint density at radius 2 is 2.25 bits per heavy atom. The van der Waals surface area contributed by atoms with Gasteiger partial charge in [0.2, 0.25) is 0 Å². The van der Waals surface area contributed by atoms with Crippen LogP contribution < -0.4 is 5.32 Å². The van der Waals surface area contributed by atoms with E-state index in [0.717, 1.165) is 29.7 Å². The average Bonchev–Trinajstić information content (AvgIpc) is 2.77. The molecule has 1 aliphatic rings. The molecule has 1 N–H and O–H groups in total. The lowest BCUT2D eigenvalue weighted by molar-refractivity contribution is -0.0719. The first-order valence-electron chi connectivity index (χ1n) is 7.08. The van der Waals surface area contributed by atoms with E-state index in [1.165, 1.54) is 0 Å². The largest absolute Gasteiger partial charge is 0.372 e. The number of aromatic nitrogens is 2. The van der Waals surface area contributed by atoms with Crippen LogP contribution in [0.3, 0.4) is 0 Å². The first-order valence-corrected chi connectivity index (χ1v) is 7.08. The van der Waals surface area contributed by atoms with E-state index in [4.69, 9.17) is 9.47 Å². The number of aryl methyl sites for hydroxylation is 1. The third-order valence-electron chi connectivity index (χ3n) is 3.61. The van der Waals surface area contributed by atoms with Crippen molar-refractivity contribution in [2.75, 3.05) is 19.7 Å². The van der Waals surface area contributed by atoms with Crippen LogP contribution in [0.15, 0.2) is 24.3 Å². The second-order valence-corrected chi connectivity index (χ2v) is 5.33. The third-order valence-corrected chi connectivity index (χ3v) is 3.61. The highest BCUT2D eigenvalue weighted by Gasteiger charge is 2.19. The monoisotopic (exact) mass is 275 g/mol. The normalized spacial score (nSPS) is 23.3. The Morgan fingerprint density at radius 1 is 1.40 bits per heavy atom. The van der Waals surface area contributed by atoms with Crippen LogP contribution >= 0.6 is 0 Å². The summed E-state index contributed by atoms with van der Waals surface area (Å²) in [6.45, 7) is 4.97. The summed E-state index contributed by atoms with van der Waals surface area (Å²) in [4.78, 5) is 0. The van der Waals surface area contributed by atoms with Crippen molar-refractivity contribution in [2.24, 2.45) is 7.05 Å². The van der Waals surface area contributed by atoms with E-state index < -0.39 is 0 Å². The summed E-state index contributed by atoms with van der Waals surface area (Å²) >= 11 is 0. The first-order chi connectivity index (χ1) is 9.74. The Labute approximate surface area is 118 Å². The van der Waals surface area contributed by atoms with Crippen LogP contribution in [0, 0.1) is 0 Å². The molecule has 2 unspecified atom stereocenters. The summed E-state index contributed by atoms with van der Waals surface area (Å²) in [6.07, 6.45) is 0.391. The summed E-state index contributed by atoms with van der Waals surface area (Å²) < 4.78 is 13.5. The highest BCUT2D eigenvalue weighted by molar-refractivity contribution is 5.81. The fourth-order valence-corrected chi connectivity index (χ4v) is 2.65. The molecule has 2 aromatic rings. The van der Waals surface area contributed by atoms with Crippen molar-refractivity contribution in [3.63, 3.8) is 0 Å². The fourth-order valence-electron chi connectivity index (χ4n) is 2.65. The van der Waals surface area contributed by atoms with Crippen molar-refractivity contribution < 1.29 is 9.47 Å². The maximum atomic E-state index is 5.80. The minimum absolute atomic E-state index is 0.133. The van der Waals surface area contributed by atoms with Crippen molar-refractivity contribution >= 4 is 10.9 Å². The predicted octanol–water partition coefficient (Wildman–Crippen LogP) is 1.47. The van der Waals surface area contributed by atoms with Crippen LogP contribution in [0.1, 0.15) is 12.6 Å². The molecule has 1 saturated heterocycles. The van der Waals surface area contributed by atoms with Crippen molar-refractivity contribution in [1.82, 2.24) is 15.1 Å². The van der Waals surface area contributed by atoms with Crippen LogP contribution in [-0.2, 0) is 23.1 Å². The molecule has 108 valence electrons. The molecule has 0 spiro atoms. The molecule has 0 aliphatic carbocycles. The van der Waals surface area contributed by atoms with Crippen LogP contribution in [0.5, 0.6) is 0 Å². The molecule has 0 radical (unpaired) electrons. The quantitative estimate of drug-likeness (QED) is 0.918. The SMILES string of the molecule is CC1CNCC(COCc2nn(C)c3ccccc23)O1. The topological polar surface area (TPSA) is 48.3 Å². The summed E-state index contributed by atoms with van der Waals surface area (Å²) in [5, 5.41) is 9.02. The Hall–Kier alpha value is -1.43. The van der Waals surface area contributed by atoms with Crippen LogP contribution in [0.25, 0.3) is 10.9 Å². The van der Waals surface area contributed by atoms with Gasteiger partial charge in [-0.15, -0.1) is 0 Å². The Balaban J connectivity index is 1.60. The lowest BCUT2D eigenvalue weighted by atomic mass is 10.2. The van der Waals surface area contributed by atoms with Gasteiger partial charge in [0.05, 0.1) is 36.6 Å². The zero-order valence-electron chi connectivity index (χ0n) is 12.0. The van der Waals surface area contributed by atoms with E-state index in [1.54, 1.807) is 0 Å². The van der Waals surface area contributed by atoms with Crippen molar-refractivity contribution in [3.05, 3.63) is 30.0 Å². The van der Waals surface area contributed by atoms with Gasteiger partial charge in [-0.2, -0.15) is 5.10 Å². The van der Waals surface area contributed by atoms with Gasteiger partial charge in [0.1, 0.15) is 0 Å². The minimum Gasteiger partial charge on any atom is -0.372 e. The number of hydrogen-bond acceptors (Lipinski definition) is 4. The zero-order chi connectivity index (χ0) is 13.9. The number of morpholine rings is 1. The molecule has 5 nitrogen and oxygen atoms in total. The predicted molar refractivity (Wildman–Crippen MR) is 77.6 cm³/mol. The zero-order valence-corrected chi connectivity index (χ0v) is 12.0. The van der Waals surface area contributed by atoms with Gasteiger partial charge in [0.25, 0.3) is 0 Å². The van der Waals surface area contributed by atoms with E-state index in [0.29, 0.717) is 13.2 Å². The van der Waals surface area contributed by atoms with Gasteiger partial charge in [-0.1, -0.05) is 18.2 Å². The molecular formula is C15H21N3O2. The van der Waals surface area contributed by atoms with Gasteiger partial charge < -0.3 is 14.8 Å². The fraction of sp³-hybridized carbons (Fsp3) is 0.533. The van der Waals surface area contributed by atoms with E-state index in [2.05, 4.69) is 29.5 Å². The summed E-state index contributed by atoms with van der Waals surface area (Å²) in [5.74, 6) is 0. The van der Waals surface area contributed by atoms with Crippen LogP contribution in [0.2, 0.25) is 0 Å². The van der Waals surface area contributed by atoms with Crippen LogP contribution in [-0.4, -0.2) is 41.7 Å². The Bertz CT molecular complexity index is 582. The molecule has 1 aromatic carbocycles. The highest BCUT2D eigenvalue weighted by Crippen LogP contribution is 2.18. The Morgan fingerprint density at radius 3 is 3.10 bits per heavy atom. The lowest BCUT2D eigenvalue weighted by Crippen LogP contribution is -2.45. The second-order valence-electron chi connectivity index (χ2n) is 5.33. The van der Waals surface area contributed by atoms with Gasteiger partial charge in [0, 0.05) is 25.5 Å². The highest BCUT2D eigenvalue weighted by atomic mass is 16.5. The molecule has 1 fully saturated rings. The van der Waals surface area contributed by atoms with E-state index in [-0.39, 0.29) is 12.2 Å². The number of nitrogens with zero attached hydrogens (tertiary/aromatic N) is 2. The number of fused-ring (bicyclic) bond motifs is 1. The summed E-state index contributed by atoms with van der Waals surface area (Å²) in [5.41, 5.74) is 2.12. The second kappa shape index (κ2) is 5.91. The molecule has 3 rings (SSSR count). The van der Waals surface area contributed by atoms with Gasteiger partial charge >= 0.3 is 0 Å². The molecule has 1 aliphatic heterocycles. The summed E-state index contributed by atoms with van der Waals surface area (Å²) in [6, 6.07) is 8.21. The van der Waals surface area contributed by atoms with E-state index in [1.807, 2.05) is 23.9 Å². The molecule has 2 atom stereocenters. The number of hydrogen-bond donors (Lipinski definition) is 1. The smallest absolute Gasteiger partial charge is 0.0960 e. The van der Waals surface area contributed by atoms with Gasteiger partial charge in [-0.3, -0.25) is 4.68 Å². The molecule has 2 heterocycles. The first kappa shape index (κ1) is 13.5. The van der Waals surface area contributed by atoms with E-state index in [9.17, 15) is 0 Å². The van der Waals surface area contributed by atoms with Crippen molar-refractivity contribution in [1.29, 1.82) is 0 Å². The number of rotatable bonds is 4. The maximum Gasteiger partial charge on any atom is 0.0960 e. The Kier molecular flexibility index (Phi) is 4.00. The molecular weight excluding hydrogens is 254 g/mol. The summed E-state index contributed by atoms with van der Waals surface area (Å²) in [7, 11) is 1.96. The molecule has 0 amide bonds. The molecule has 20 heavy (non-hydrogen) atoms. The van der Waals surface area contributed by atoms with Crippen molar-refractivity contribution in [3.8, 4) is 0 Å². The van der Waals surface area contributed by atoms with E-state index >= 15 is 0 Å². The number of nitrogens with one attached hydrogen (secondary N) is 1. The maximum absolute atomic E-state index is 5.80. The molecule has 1 aromatic heterocycles. The molecule has 0 bridgehead atoms.